The zero-order valence-electron chi connectivity index (χ0n) is 13.4. The van der Waals surface area contributed by atoms with Crippen molar-refractivity contribution in [2.45, 2.75) is 19.8 Å². The number of carbonyl (C=O) groups excluding carboxylic acids is 1. The average Bonchev–Trinajstić information content (AvgIpc) is 2.47. The van der Waals surface area contributed by atoms with E-state index in [-0.39, 0.29) is 24.2 Å². The number of hydrogen-bond donors (Lipinski definition) is 1. The number of carbonyl (C=O) groups is 1. The summed E-state index contributed by atoms with van der Waals surface area (Å²) in [6.45, 7) is 3.47. The molecule has 1 N–H and O–H groups in total. The van der Waals surface area contributed by atoms with E-state index in [4.69, 9.17) is 4.74 Å². The maximum atomic E-state index is 12.0. The summed E-state index contributed by atoms with van der Waals surface area (Å²) in [5.41, 5.74) is 1.27. The van der Waals surface area contributed by atoms with Gasteiger partial charge in [0, 0.05) is 26.1 Å². The van der Waals surface area contributed by atoms with E-state index in [9.17, 15) is 4.79 Å². The van der Waals surface area contributed by atoms with Gasteiger partial charge in [-0.1, -0.05) is 19.1 Å². The van der Waals surface area contributed by atoms with Crippen molar-refractivity contribution in [1.29, 1.82) is 0 Å². The highest BCUT2D eigenvalue weighted by Crippen LogP contribution is 2.12. The van der Waals surface area contributed by atoms with Crippen LogP contribution in [0, 0.1) is 5.92 Å². The Morgan fingerprint density at radius 2 is 1.95 bits per heavy atom. The van der Waals surface area contributed by atoms with Gasteiger partial charge in [0.2, 0.25) is 5.91 Å². The van der Waals surface area contributed by atoms with Gasteiger partial charge in [0.05, 0.1) is 7.11 Å². The third-order valence-corrected chi connectivity index (χ3v) is 3.43. The molecule has 0 aliphatic rings. The van der Waals surface area contributed by atoms with E-state index in [0.717, 1.165) is 31.7 Å². The minimum atomic E-state index is 0. The van der Waals surface area contributed by atoms with Crippen LogP contribution < -0.4 is 10.1 Å². The number of aryl methyl sites for hydroxylation is 1. The third kappa shape index (κ3) is 6.82. The van der Waals surface area contributed by atoms with Crippen LogP contribution in [0.25, 0.3) is 0 Å². The Balaban J connectivity index is 0.00000400. The highest BCUT2D eigenvalue weighted by molar-refractivity contribution is 5.85. The van der Waals surface area contributed by atoms with Crippen molar-refractivity contribution in [1.82, 2.24) is 10.2 Å². The van der Waals surface area contributed by atoms with Crippen LogP contribution in [0.1, 0.15) is 18.9 Å². The highest BCUT2D eigenvalue weighted by atomic mass is 35.5. The smallest absolute Gasteiger partial charge is 0.226 e. The molecule has 0 aliphatic heterocycles. The molecule has 1 unspecified atom stereocenters. The largest absolute Gasteiger partial charge is 0.497 e. The Kier molecular flexibility index (Phi) is 9.84. The second-order valence-corrected chi connectivity index (χ2v) is 5.17. The first kappa shape index (κ1) is 19.7. The second kappa shape index (κ2) is 10.5. The maximum Gasteiger partial charge on any atom is 0.226 e. The highest BCUT2D eigenvalue weighted by Gasteiger charge is 2.15. The van der Waals surface area contributed by atoms with Crippen molar-refractivity contribution in [2.75, 3.05) is 34.3 Å². The topological polar surface area (TPSA) is 41.6 Å². The summed E-state index contributed by atoms with van der Waals surface area (Å²) in [6, 6.07) is 8.09. The number of rotatable bonds is 8. The van der Waals surface area contributed by atoms with E-state index in [1.165, 1.54) is 5.56 Å². The minimum absolute atomic E-state index is 0. The fourth-order valence-electron chi connectivity index (χ4n) is 2.19. The Labute approximate surface area is 134 Å². The fraction of sp³-hybridized carbons (Fsp3) is 0.562. The van der Waals surface area contributed by atoms with Crippen molar-refractivity contribution in [3.05, 3.63) is 29.8 Å². The Morgan fingerprint density at radius 1 is 1.33 bits per heavy atom. The molecule has 0 bridgehead atoms. The number of halogens is 1. The van der Waals surface area contributed by atoms with Gasteiger partial charge in [-0.15, -0.1) is 12.4 Å². The molecule has 0 heterocycles. The monoisotopic (exact) mass is 314 g/mol. The van der Waals surface area contributed by atoms with Gasteiger partial charge in [-0.2, -0.15) is 0 Å². The van der Waals surface area contributed by atoms with Crippen molar-refractivity contribution >= 4 is 18.3 Å². The number of methoxy groups -OCH3 is 1. The van der Waals surface area contributed by atoms with Crippen LogP contribution in [0.4, 0.5) is 0 Å². The molecule has 1 rings (SSSR count). The van der Waals surface area contributed by atoms with Crippen molar-refractivity contribution in [3.63, 3.8) is 0 Å². The lowest BCUT2D eigenvalue weighted by atomic mass is 10.1. The van der Waals surface area contributed by atoms with E-state index in [2.05, 4.69) is 17.4 Å². The number of amides is 1. The number of benzene rings is 1. The molecule has 0 aliphatic carbocycles. The van der Waals surface area contributed by atoms with Gasteiger partial charge in [-0.3, -0.25) is 4.79 Å². The Morgan fingerprint density at radius 3 is 2.48 bits per heavy atom. The van der Waals surface area contributed by atoms with Crippen LogP contribution in [0.15, 0.2) is 24.3 Å². The van der Waals surface area contributed by atoms with Crippen LogP contribution in [0.2, 0.25) is 0 Å². The summed E-state index contributed by atoms with van der Waals surface area (Å²) < 4.78 is 5.13. The molecule has 0 aromatic heterocycles. The van der Waals surface area contributed by atoms with Crippen LogP contribution in [-0.4, -0.2) is 45.1 Å². The lowest BCUT2D eigenvalue weighted by Gasteiger charge is -2.21. The molecule has 0 fully saturated rings. The molecule has 1 atom stereocenters. The third-order valence-electron chi connectivity index (χ3n) is 3.43. The molecule has 21 heavy (non-hydrogen) atoms. The summed E-state index contributed by atoms with van der Waals surface area (Å²) in [7, 11) is 5.41. The fourth-order valence-corrected chi connectivity index (χ4v) is 2.19. The van der Waals surface area contributed by atoms with Gasteiger partial charge in [0.15, 0.2) is 0 Å². The summed E-state index contributed by atoms with van der Waals surface area (Å²) in [5, 5.41) is 3.04. The number of ether oxygens (including phenoxy) is 1. The predicted octanol–water partition coefficient (Wildman–Crippen LogP) is 2.36. The van der Waals surface area contributed by atoms with E-state index in [1.54, 1.807) is 7.11 Å². The van der Waals surface area contributed by atoms with Gasteiger partial charge >= 0.3 is 0 Å². The SMILES string of the molecule is CNCC(C)C(=O)N(C)CCCc1ccc(OC)cc1.Cl. The zero-order valence-corrected chi connectivity index (χ0v) is 14.2. The molecule has 4 nitrogen and oxygen atoms in total. The summed E-state index contributed by atoms with van der Waals surface area (Å²) in [4.78, 5) is 13.9. The van der Waals surface area contributed by atoms with Gasteiger partial charge in [-0.05, 0) is 37.6 Å². The second-order valence-electron chi connectivity index (χ2n) is 5.17. The van der Waals surface area contributed by atoms with E-state index < -0.39 is 0 Å². The molecule has 0 spiro atoms. The molecule has 1 aromatic rings. The van der Waals surface area contributed by atoms with E-state index >= 15 is 0 Å². The average molecular weight is 315 g/mol. The quantitative estimate of drug-likeness (QED) is 0.801. The molecule has 1 amide bonds. The molecular formula is C16H27ClN2O2. The van der Waals surface area contributed by atoms with Crippen LogP contribution in [0.5, 0.6) is 5.75 Å². The zero-order chi connectivity index (χ0) is 15.0. The van der Waals surface area contributed by atoms with Crippen molar-refractivity contribution in [3.8, 4) is 5.75 Å². The van der Waals surface area contributed by atoms with E-state index in [1.807, 2.05) is 38.1 Å². The molecule has 120 valence electrons. The van der Waals surface area contributed by atoms with Gasteiger partial charge in [0.25, 0.3) is 0 Å². The molecule has 0 radical (unpaired) electrons. The minimum Gasteiger partial charge on any atom is -0.497 e. The van der Waals surface area contributed by atoms with Crippen LogP contribution in [0.3, 0.4) is 0 Å². The van der Waals surface area contributed by atoms with Crippen molar-refractivity contribution in [2.24, 2.45) is 5.92 Å². The maximum absolute atomic E-state index is 12.0. The Bertz CT molecular complexity index is 409. The molecule has 0 saturated heterocycles. The molecular weight excluding hydrogens is 288 g/mol. The number of nitrogens with one attached hydrogen (secondary N) is 1. The lowest BCUT2D eigenvalue weighted by molar-refractivity contribution is -0.133. The molecule has 1 aromatic carbocycles. The first-order valence-electron chi connectivity index (χ1n) is 7.11. The van der Waals surface area contributed by atoms with E-state index in [0.29, 0.717) is 0 Å². The van der Waals surface area contributed by atoms with Crippen molar-refractivity contribution < 1.29 is 9.53 Å². The molecule has 0 saturated carbocycles. The lowest BCUT2D eigenvalue weighted by Crippen LogP contribution is -2.36. The molecule has 5 heteroatoms. The first-order valence-corrected chi connectivity index (χ1v) is 7.11. The standard InChI is InChI=1S/C16H26N2O2.ClH/c1-13(12-17-2)16(19)18(3)11-5-6-14-7-9-15(20-4)10-8-14;/h7-10,13,17H,5-6,11-12H2,1-4H3;1H. The van der Waals surface area contributed by atoms with Gasteiger partial charge < -0.3 is 15.0 Å². The first-order chi connectivity index (χ1) is 9.58. The van der Waals surface area contributed by atoms with Gasteiger partial charge in [-0.25, -0.2) is 0 Å². The Hall–Kier alpha value is -1.26. The predicted molar refractivity (Wildman–Crippen MR) is 89.3 cm³/mol. The van der Waals surface area contributed by atoms with Crippen LogP contribution in [-0.2, 0) is 11.2 Å². The normalized spacial score (nSPS) is 11.4. The summed E-state index contributed by atoms with van der Waals surface area (Å²) >= 11 is 0. The van der Waals surface area contributed by atoms with Gasteiger partial charge in [0.1, 0.15) is 5.75 Å². The summed E-state index contributed by atoms with van der Waals surface area (Å²) in [6.07, 6.45) is 1.95. The summed E-state index contributed by atoms with van der Waals surface area (Å²) in [5.74, 6) is 1.11. The number of nitrogens with zero attached hydrogens (tertiary/aromatic N) is 1. The number of hydrogen-bond acceptors (Lipinski definition) is 3. The van der Waals surface area contributed by atoms with Crippen LogP contribution >= 0.6 is 12.4 Å².